The summed E-state index contributed by atoms with van der Waals surface area (Å²) in [5.41, 5.74) is 1.95. The first kappa shape index (κ1) is 13.1. The van der Waals surface area contributed by atoms with Gasteiger partial charge in [-0.1, -0.05) is 12.1 Å². The Labute approximate surface area is 120 Å². The molecule has 2 aromatic heterocycles. The van der Waals surface area contributed by atoms with Crippen LogP contribution < -0.4 is 10.9 Å². The summed E-state index contributed by atoms with van der Waals surface area (Å²) >= 11 is 0. The van der Waals surface area contributed by atoms with Crippen LogP contribution in [0.2, 0.25) is 0 Å². The minimum atomic E-state index is -0.434. The largest absolute Gasteiger partial charge is 0.329 e. The maximum absolute atomic E-state index is 12.3. The number of amides is 1. The number of para-hydroxylation sites is 2. The number of rotatable bonds is 3. The number of aromatic nitrogens is 3. The third-order valence-corrected chi connectivity index (χ3v) is 3.32. The molecule has 0 radical (unpaired) electrons. The van der Waals surface area contributed by atoms with Crippen molar-refractivity contribution in [2.24, 2.45) is 0 Å². The van der Waals surface area contributed by atoms with E-state index in [1.165, 1.54) is 12.3 Å². The fraction of sp³-hybridized carbons (Fsp3) is 0.133. The lowest BCUT2D eigenvalue weighted by atomic mass is 10.2. The van der Waals surface area contributed by atoms with Crippen molar-refractivity contribution in [3.63, 3.8) is 0 Å². The molecular weight excluding hydrogens is 268 g/mol. The summed E-state index contributed by atoms with van der Waals surface area (Å²) in [5, 5.41) is 2.73. The zero-order valence-electron chi connectivity index (χ0n) is 11.4. The van der Waals surface area contributed by atoms with E-state index in [-0.39, 0.29) is 11.5 Å². The number of pyridine rings is 1. The van der Waals surface area contributed by atoms with Gasteiger partial charge >= 0.3 is 0 Å². The second-order valence-corrected chi connectivity index (χ2v) is 4.75. The highest BCUT2D eigenvalue weighted by Gasteiger charge is 2.17. The van der Waals surface area contributed by atoms with Crippen LogP contribution >= 0.6 is 0 Å². The summed E-state index contributed by atoms with van der Waals surface area (Å²) in [6, 6.07) is 10.2. The SMILES string of the molecule is CC(C(=O)Nc1cc[nH]c(=O)c1)n1cnc2ccccc21. The van der Waals surface area contributed by atoms with Crippen LogP contribution in [0, 0.1) is 0 Å². The fourth-order valence-corrected chi connectivity index (χ4v) is 2.18. The Morgan fingerprint density at radius 3 is 2.95 bits per heavy atom. The van der Waals surface area contributed by atoms with E-state index in [1.54, 1.807) is 23.9 Å². The second kappa shape index (κ2) is 5.24. The number of carbonyl (C=O) groups is 1. The van der Waals surface area contributed by atoms with E-state index in [9.17, 15) is 9.59 Å². The summed E-state index contributed by atoms with van der Waals surface area (Å²) in [6.07, 6.45) is 3.14. The van der Waals surface area contributed by atoms with Gasteiger partial charge in [-0.15, -0.1) is 0 Å². The van der Waals surface area contributed by atoms with E-state index in [4.69, 9.17) is 0 Å². The first-order chi connectivity index (χ1) is 10.1. The van der Waals surface area contributed by atoms with Crippen molar-refractivity contribution >= 4 is 22.6 Å². The van der Waals surface area contributed by atoms with Crippen molar-refractivity contribution in [1.82, 2.24) is 14.5 Å². The Hall–Kier alpha value is -2.89. The number of nitrogens with one attached hydrogen (secondary N) is 2. The molecule has 6 heteroatoms. The van der Waals surface area contributed by atoms with Crippen LogP contribution in [0.4, 0.5) is 5.69 Å². The molecule has 0 saturated heterocycles. The maximum atomic E-state index is 12.3. The van der Waals surface area contributed by atoms with Gasteiger partial charge in [0.2, 0.25) is 11.5 Å². The Morgan fingerprint density at radius 2 is 2.14 bits per heavy atom. The monoisotopic (exact) mass is 282 g/mol. The number of anilines is 1. The highest BCUT2D eigenvalue weighted by atomic mass is 16.2. The third-order valence-electron chi connectivity index (χ3n) is 3.32. The standard InChI is InChI=1S/C15H14N4O2/c1-10(15(21)18-11-6-7-16-14(20)8-11)19-9-17-12-4-2-3-5-13(12)19/h2-10H,1H3,(H2,16,18,20,21). The van der Waals surface area contributed by atoms with Gasteiger partial charge in [-0.2, -0.15) is 0 Å². The molecule has 0 bridgehead atoms. The first-order valence-electron chi connectivity index (χ1n) is 6.56. The van der Waals surface area contributed by atoms with Crippen molar-refractivity contribution in [3.8, 4) is 0 Å². The summed E-state index contributed by atoms with van der Waals surface area (Å²) in [4.78, 5) is 30.3. The molecule has 2 heterocycles. The Bertz CT molecular complexity index is 850. The fourth-order valence-electron chi connectivity index (χ4n) is 2.18. The van der Waals surface area contributed by atoms with Crippen LogP contribution in [0.15, 0.2) is 53.7 Å². The van der Waals surface area contributed by atoms with Crippen LogP contribution in [0.1, 0.15) is 13.0 Å². The molecular formula is C15H14N4O2. The Balaban J connectivity index is 1.86. The van der Waals surface area contributed by atoms with E-state index in [0.29, 0.717) is 5.69 Å². The highest BCUT2D eigenvalue weighted by Crippen LogP contribution is 2.18. The Morgan fingerprint density at radius 1 is 1.33 bits per heavy atom. The highest BCUT2D eigenvalue weighted by molar-refractivity contribution is 5.94. The molecule has 0 aliphatic carbocycles. The molecule has 1 amide bonds. The van der Waals surface area contributed by atoms with Gasteiger partial charge < -0.3 is 14.9 Å². The number of fused-ring (bicyclic) bond motifs is 1. The van der Waals surface area contributed by atoms with Gasteiger partial charge in [-0.3, -0.25) is 9.59 Å². The van der Waals surface area contributed by atoms with E-state index < -0.39 is 6.04 Å². The number of benzene rings is 1. The van der Waals surface area contributed by atoms with E-state index in [2.05, 4.69) is 15.3 Å². The summed E-state index contributed by atoms with van der Waals surface area (Å²) < 4.78 is 1.80. The summed E-state index contributed by atoms with van der Waals surface area (Å²) in [5.74, 6) is -0.205. The molecule has 3 rings (SSSR count). The molecule has 21 heavy (non-hydrogen) atoms. The number of nitrogens with zero attached hydrogens (tertiary/aromatic N) is 2. The number of carbonyl (C=O) groups excluding carboxylic acids is 1. The molecule has 106 valence electrons. The van der Waals surface area contributed by atoms with Gasteiger partial charge in [0.1, 0.15) is 6.04 Å². The van der Waals surface area contributed by atoms with Crippen LogP contribution in [0.3, 0.4) is 0 Å². The zero-order valence-corrected chi connectivity index (χ0v) is 11.4. The predicted octanol–water partition coefficient (Wildman–Crippen LogP) is 1.92. The van der Waals surface area contributed by atoms with Crippen molar-refractivity contribution < 1.29 is 4.79 Å². The molecule has 0 saturated carbocycles. The maximum Gasteiger partial charge on any atom is 0.249 e. The van der Waals surface area contributed by atoms with Gasteiger partial charge in [-0.25, -0.2) is 4.98 Å². The quantitative estimate of drug-likeness (QED) is 0.770. The van der Waals surface area contributed by atoms with Gasteiger partial charge in [0.05, 0.1) is 17.4 Å². The molecule has 0 fully saturated rings. The lowest BCUT2D eigenvalue weighted by molar-refractivity contribution is -0.118. The minimum Gasteiger partial charge on any atom is -0.329 e. The lowest BCUT2D eigenvalue weighted by Crippen LogP contribution is -2.23. The molecule has 1 atom stereocenters. The number of imidazole rings is 1. The van der Waals surface area contributed by atoms with Crippen molar-refractivity contribution in [3.05, 3.63) is 59.3 Å². The Kier molecular flexibility index (Phi) is 3.27. The van der Waals surface area contributed by atoms with Crippen LogP contribution in [0.25, 0.3) is 11.0 Å². The first-order valence-corrected chi connectivity index (χ1v) is 6.56. The average molecular weight is 282 g/mol. The lowest BCUT2D eigenvalue weighted by Gasteiger charge is -2.14. The molecule has 1 aromatic carbocycles. The van der Waals surface area contributed by atoms with Gasteiger partial charge in [0, 0.05) is 18.0 Å². The van der Waals surface area contributed by atoms with E-state index >= 15 is 0 Å². The molecule has 2 N–H and O–H groups in total. The zero-order chi connectivity index (χ0) is 14.8. The average Bonchev–Trinajstić information content (AvgIpc) is 2.90. The minimum absolute atomic E-state index is 0.205. The number of H-pyrrole nitrogens is 1. The van der Waals surface area contributed by atoms with Crippen molar-refractivity contribution in [1.29, 1.82) is 0 Å². The van der Waals surface area contributed by atoms with Crippen LogP contribution in [0.5, 0.6) is 0 Å². The second-order valence-electron chi connectivity index (χ2n) is 4.75. The molecule has 1 unspecified atom stereocenters. The topological polar surface area (TPSA) is 79.8 Å². The van der Waals surface area contributed by atoms with Crippen molar-refractivity contribution in [2.75, 3.05) is 5.32 Å². The molecule has 0 aliphatic heterocycles. The molecule has 6 nitrogen and oxygen atoms in total. The van der Waals surface area contributed by atoms with E-state index in [0.717, 1.165) is 11.0 Å². The van der Waals surface area contributed by atoms with Gasteiger partial charge in [0.25, 0.3) is 0 Å². The normalized spacial score (nSPS) is 12.2. The number of aromatic amines is 1. The van der Waals surface area contributed by atoms with Gasteiger partial charge in [-0.05, 0) is 25.1 Å². The van der Waals surface area contributed by atoms with Crippen LogP contribution in [-0.4, -0.2) is 20.4 Å². The summed E-state index contributed by atoms with van der Waals surface area (Å²) in [6.45, 7) is 1.79. The predicted molar refractivity (Wildman–Crippen MR) is 80.1 cm³/mol. The molecule has 0 aliphatic rings. The third kappa shape index (κ3) is 2.55. The summed E-state index contributed by atoms with van der Waals surface area (Å²) in [7, 11) is 0. The van der Waals surface area contributed by atoms with Gasteiger partial charge in [0.15, 0.2) is 0 Å². The smallest absolute Gasteiger partial charge is 0.249 e. The molecule has 0 spiro atoms. The number of hydrogen-bond donors (Lipinski definition) is 2. The molecule has 3 aromatic rings. The van der Waals surface area contributed by atoms with Crippen LogP contribution in [-0.2, 0) is 4.79 Å². The van der Waals surface area contributed by atoms with Crippen molar-refractivity contribution in [2.45, 2.75) is 13.0 Å². The number of hydrogen-bond acceptors (Lipinski definition) is 3. The van der Waals surface area contributed by atoms with E-state index in [1.807, 2.05) is 24.3 Å².